The van der Waals surface area contributed by atoms with E-state index in [2.05, 4.69) is 11.4 Å². The van der Waals surface area contributed by atoms with Gasteiger partial charge in [-0.25, -0.2) is 0 Å². The van der Waals surface area contributed by atoms with Crippen molar-refractivity contribution in [2.24, 2.45) is 0 Å². The Hall–Kier alpha value is -1.61. The van der Waals surface area contributed by atoms with Crippen molar-refractivity contribution in [1.82, 2.24) is 5.32 Å². The summed E-state index contributed by atoms with van der Waals surface area (Å²) in [5.41, 5.74) is 1.63. The zero-order chi connectivity index (χ0) is 13.9. The van der Waals surface area contributed by atoms with Crippen LogP contribution in [0.5, 0.6) is 5.75 Å². The summed E-state index contributed by atoms with van der Waals surface area (Å²) in [5, 5.41) is 12.1. The minimum atomic E-state index is 0.550. The van der Waals surface area contributed by atoms with Crippen molar-refractivity contribution in [2.75, 3.05) is 40.6 Å². The van der Waals surface area contributed by atoms with Crippen molar-refractivity contribution >= 4 is 0 Å². The highest BCUT2D eigenvalue weighted by atomic mass is 16.5. The SMILES string of the molecule is COCCOCCNCc1ccc(C#N)c(OC)c1. The van der Waals surface area contributed by atoms with E-state index >= 15 is 0 Å². The first-order valence-corrected chi connectivity index (χ1v) is 6.16. The molecule has 0 saturated carbocycles. The molecule has 0 unspecified atom stereocenters. The van der Waals surface area contributed by atoms with Gasteiger partial charge in [-0.1, -0.05) is 6.07 Å². The molecule has 19 heavy (non-hydrogen) atoms. The van der Waals surface area contributed by atoms with Crippen LogP contribution in [0.1, 0.15) is 11.1 Å². The molecule has 0 saturated heterocycles. The zero-order valence-electron chi connectivity index (χ0n) is 11.4. The van der Waals surface area contributed by atoms with E-state index in [4.69, 9.17) is 19.5 Å². The molecule has 5 nitrogen and oxygen atoms in total. The summed E-state index contributed by atoms with van der Waals surface area (Å²) in [5.74, 6) is 0.609. The number of methoxy groups -OCH3 is 2. The number of nitrogens with zero attached hydrogens (tertiary/aromatic N) is 1. The maximum atomic E-state index is 8.88. The number of nitriles is 1. The van der Waals surface area contributed by atoms with E-state index in [1.165, 1.54) is 0 Å². The second-order valence-corrected chi connectivity index (χ2v) is 3.93. The largest absolute Gasteiger partial charge is 0.495 e. The molecule has 0 amide bonds. The lowest BCUT2D eigenvalue weighted by Crippen LogP contribution is -2.20. The third kappa shape index (κ3) is 5.71. The number of rotatable bonds is 9. The molecule has 5 heteroatoms. The van der Waals surface area contributed by atoms with Gasteiger partial charge in [0.1, 0.15) is 11.8 Å². The van der Waals surface area contributed by atoms with Gasteiger partial charge in [0, 0.05) is 20.2 Å². The van der Waals surface area contributed by atoms with Crippen LogP contribution in [-0.2, 0) is 16.0 Å². The fourth-order valence-electron chi connectivity index (χ4n) is 1.56. The van der Waals surface area contributed by atoms with Crippen molar-refractivity contribution in [2.45, 2.75) is 6.54 Å². The Morgan fingerprint density at radius 1 is 1.21 bits per heavy atom. The molecular weight excluding hydrogens is 244 g/mol. The maximum absolute atomic E-state index is 8.88. The smallest absolute Gasteiger partial charge is 0.136 e. The molecule has 0 aliphatic heterocycles. The van der Waals surface area contributed by atoms with Crippen LogP contribution in [0.3, 0.4) is 0 Å². The highest BCUT2D eigenvalue weighted by Gasteiger charge is 2.03. The Labute approximate surface area is 114 Å². The lowest BCUT2D eigenvalue weighted by atomic mass is 10.1. The van der Waals surface area contributed by atoms with E-state index in [9.17, 15) is 0 Å². The van der Waals surface area contributed by atoms with Crippen molar-refractivity contribution in [3.05, 3.63) is 29.3 Å². The molecule has 0 atom stereocenters. The monoisotopic (exact) mass is 264 g/mol. The highest BCUT2D eigenvalue weighted by molar-refractivity contribution is 5.45. The molecule has 1 N–H and O–H groups in total. The van der Waals surface area contributed by atoms with Gasteiger partial charge in [0.15, 0.2) is 0 Å². The van der Waals surface area contributed by atoms with Gasteiger partial charge in [-0.05, 0) is 17.7 Å². The lowest BCUT2D eigenvalue weighted by molar-refractivity contribution is 0.0719. The normalized spacial score (nSPS) is 10.2. The van der Waals surface area contributed by atoms with E-state index in [-0.39, 0.29) is 0 Å². The second-order valence-electron chi connectivity index (χ2n) is 3.93. The van der Waals surface area contributed by atoms with Crippen LogP contribution >= 0.6 is 0 Å². The predicted octanol–water partition coefficient (Wildman–Crippen LogP) is 1.32. The molecule has 0 spiro atoms. The average Bonchev–Trinajstić information content (AvgIpc) is 2.46. The fourth-order valence-corrected chi connectivity index (χ4v) is 1.56. The number of nitrogens with one attached hydrogen (secondary N) is 1. The minimum Gasteiger partial charge on any atom is -0.495 e. The molecule has 0 bridgehead atoms. The van der Waals surface area contributed by atoms with Crippen molar-refractivity contribution in [3.8, 4) is 11.8 Å². The second kappa shape index (κ2) is 9.34. The Balaban J connectivity index is 2.28. The van der Waals surface area contributed by atoms with Crippen molar-refractivity contribution < 1.29 is 14.2 Å². The van der Waals surface area contributed by atoms with Gasteiger partial charge < -0.3 is 19.5 Å². The Bertz CT molecular complexity index is 416. The first kappa shape index (κ1) is 15.4. The van der Waals surface area contributed by atoms with Crippen LogP contribution in [0.15, 0.2) is 18.2 Å². The van der Waals surface area contributed by atoms with E-state index in [0.717, 1.165) is 18.7 Å². The van der Waals surface area contributed by atoms with E-state index < -0.39 is 0 Å². The number of hydrogen-bond donors (Lipinski definition) is 1. The first-order valence-electron chi connectivity index (χ1n) is 6.16. The standard InChI is InChI=1S/C14H20N2O3/c1-17-7-8-19-6-5-16-11-12-3-4-13(10-15)14(9-12)18-2/h3-4,9,16H,5-8,11H2,1-2H3. The quantitative estimate of drug-likeness (QED) is 0.681. The third-order valence-electron chi connectivity index (χ3n) is 2.57. The van der Waals surface area contributed by atoms with E-state index in [1.54, 1.807) is 20.3 Å². The third-order valence-corrected chi connectivity index (χ3v) is 2.57. The minimum absolute atomic E-state index is 0.550. The number of benzene rings is 1. The zero-order valence-corrected chi connectivity index (χ0v) is 11.4. The molecule has 0 heterocycles. The van der Waals surface area contributed by atoms with E-state index in [0.29, 0.717) is 31.1 Å². The molecule has 1 aromatic rings. The molecular formula is C14H20N2O3. The Kier molecular flexibility index (Phi) is 7.59. The summed E-state index contributed by atoms with van der Waals surface area (Å²) >= 11 is 0. The van der Waals surface area contributed by atoms with Gasteiger partial charge in [0.2, 0.25) is 0 Å². The summed E-state index contributed by atoms with van der Waals surface area (Å²) in [6, 6.07) is 7.65. The Morgan fingerprint density at radius 3 is 2.74 bits per heavy atom. The van der Waals surface area contributed by atoms with Gasteiger partial charge in [-0.15, -0.1) is 0 Å². The van der Waals surface area contributed by atoms with Crippen LogP contribution in [0.25, 0.3) is 0 Å². The molecule has 0 aromatic heterocycles. The molecule has 0 radical (unpaired) electrons. The summed E-state index contributed by atoms with van der Waals surface area (Å²) in [4.78, 5) is 0. The Morgan fingerprint density at radius 2 is 2.05 bits per heavy atom. The van der Waals surface area contributed by atoms with E-state index in [1.807, 2.05) is 12.1 Å². The summed E-state index contributed by atoms with van der Waals surface area (Å²) in [6.45, 7) is 3.37. The van der Waals surface area contributed by atoms with Crippen LogP contribution in [-0.4, -0.2) is 40.6 Å². The van der Waals surface area contributed by atoms with Gasteiger partial charge in [0.25, 0.3) is 0 Å². The van der Waals surface area contributed by atoms with Crippen LogP contribution < -0.4 is 10.1 Å². The summed E-state index contributed by atoms with van der Waals surface area (Å²) in [6.07, 6.45) is 0. The van der Waals surface area contributed by atoms with Gasteiger partial charge >= 0.3 is 0 Å². The highest BCUT2D eigenvalue weighted by Crippen LogP contribution is 2.18. The molecule has 1 rings (SSSR count). The average molecular weight is 264 g/mol. The van der Waals surface area contributed by atoms with Crippen molar-refractivity contribution in [3.63, 3.8) is 0 Å². The first-order chi connectivity index (χ1) is 9.31. The molecule has 0 aliphatic carbocycles. The van der Waals surface area contributed by atoms with Crippen LogP contribution in [0, 0.1) is 11.3 Å². The molecule has 1 aromatic carbocycles. The molecule has 0 fully saturated rings. The lowest BCUT2D eigenvalue weighted by Gasteiger charge is -2.08. The number of ether oxygens (including phenoxy) is 3. The van der Waals surface area contributed by atoms with Gasteiger partial charge in [-0.2, -0.15) is 5.26 Å². The van der Waals surface area contributed by atoms with Gasteiger partial charge in [-0.3, -0.25) is 0 Å². The summed E-state index contributed by atoms with van der Waals surface area (Å²) < 4.78 is 15.4. The predicted molar refractivity (Wildman–Crippen MR) is 72.1 cm³/mol. The van der Waals surface area contributed by atoms with Gasteiger partial charge in [0.05, 0.1) is 32.5 Å². The van der Waals surface area contributed by atoms with Crippen LogP contribution in [0.2, 0.25) is 0 Å². The maximum Gasteiger partial charge on any atom is 0.136 e. The van der Waals surface area contributed by atoms with Crippen molar-refractivity contribution in [1.29, 1.82) is 5.26 Å². The summed E-state index contributed by atoms with van der Waals surface area (Å²) in [7, 11) is 3.22. The molecule has 104 valence electrons. The molecule has 0 aliphatic rings. The topological polar surface area (TPSA) is 63.5 Å². The fraction of sp³-hybridized carbons (Fsp3) is 0.500. The number of hydrogen-bond acceptors (Lipinski definition) is 5. The van der Waals surface area contributed by atoms with Crippen LogP contribution in [0.4, 0.5) is 0 Å².